The molecule has 0 aliphatic carbocycles. The highest BCUT2D eigenvalue weighted by molar-refractivity contribution is 7.13. The second kappa shape index (κ2) is 9.23. The quantitative estimate of drug-likeness (QED) is 0.486. The molecule has 162 valence electrons. The van der Waals surface area contributed by atoms with E-state index >= 15 is 0 Å². The summed E-state index contributed by atoms with van der Waals surface area (Å²) in [5.41, 5.74) is 1.99. The van der Waals surface area contributed by atoms with Gasteiger partial charge in [0.2, 0.25) is 5.91 Å². The van der Waals surface area contributed by atoms with Crippen LogP contribution in [-0.4, -0.2) is 48.7 Å². The van der Waals surface area contributed by atoms with E-state index < -0.39 is 0 Å². The molecule has 0 radical (unpaired) electrons. The number of carbonyl (C=O) groups is 1. The van der Waals surface area contributed by atoms with Crippen molar-refractivity contribution < 1.29 is 4.79 Å². The molecule has 32 heavy (non-hydrogen) atoms. The number of nitrogens with zero attached hydrogens (tertiary/aromatic N) is 7. The van der Waals surface area contributed by atoms with Gasteiger partial charge in [0.05, 0.1) is 12.2 Å². The maximum atomic E-state index is 12.7. The molecule has 1 fully saturated rings. The molecule has 3 aromatic heterocycles. The first-order valence-electron chi connectivity index (χ1n) is 10.5. The van der Waals surface area contributed by atoms with Gasteiger partial charge < -0.3 is 10.2 Å². The zero-order valence-electron chi connectivity index (χ0n) is 17.3. The van der Waals surface area contributed by atoms with Crippen molar-refractivity contribution in [2.75, 3.05) is 18.0 Å². The fourth-order valence-corrected chi connectivity index (χ4v) is 4.58. The van der Waals surface area contributed by atoms with Crippen LogP contribution in [0.25, 0.3) is 16.4 Å². The molecule has 1 saturated heterocycles. The Morgan fingerprint density at radius 1 is 1.09 bits per heavy atom. The van der Waals surface area contributed by atoms with E-state index in [0.717, 1.165) is 48.0 Å². The van der Waals surface area contributed by atoms with Gasteiger partial charge in [0.15, 0.2) is 5.82 Å². The van der Waals surface area contributed by atoms with Crippen LogP contribution in [0.5, 0.6) is 0 Å². The minimum Gasteiger partial charge on any atom is -0.356 e. The SMILES string of the molecule is O=C(NCc1csc(-c2ccccc2)n1)C1CCN(c2cc(-n3cncn3)ncn2)CC1. The standard InChI is InChI=1S/C22H22N8OS/c31-21(24-11-18-12-32-22(28-18)17-4-2-1-3-5-17)16-6-8-29(9-7-16)19-10-20(26-14-25-19)30-15-23-13-27-30/h1-5,10,12-16H,6-9,11H2,(H,24,31). The second-order valence-electron chi connectivity index (χ2n) is 7.56. The van der Waals surface area contributed by atoms with Crippen molar-refractivity contribution in [1.29, 1.82) is 0 Å². The molecule has 0 saturated carbocycles. The molecule has 9 nitrogen and oxygen atoms in total. The third-order valence-electron chi connectivity index (χ3n) is 5.50. The number of rotatable bonds is 6. The van der Waals surface area contributed by atoms with Gasteiger partial charge in [0, 0.05) is 36.0 Å². The summed E-state index contributed by atoms with van der Waals surface area (Å²) in [6, 6.07) is 12.0. The Hall–Kier alpha value is -3.66. The molecule has 0 unspecified atom stereocenters. The maximum Gasteiger partial charge on any atom is 0.223 e. The van der Waals surface area contributed by atoms with Crippen LogP contribution in [0.4, 0.5) is 5.82 Å². The summed E-state index contributed by atoms with van der Waals surface area (Å²) >= 11 is 1.60. The zero-order chi connectivity index (χ0) is 21.8. The number of anilines is 1. The molecule has 0 bridgehead atoms. The van der Waals surface area contributed by atoms with Crippen LogP contribution in [-0.2, 0) is 11.3 Å². The van der Waals surface area contributed by atoms with Gasteiger partial charge >= 0.3 is 0 Å². The van der Waals surface area contributed by atoms with Crippen LogP contribution in [0.2, 0.25) is 0 Å². The summed E-state index contributed by atoms with van der Waals surface area (Å²) in [5, 5.41) is 10.1. The van der Waals surface area contributed by atoms with Crippen LogP contribution in [0, 0.1) is 5.92 Å². The van der Waals surface area contributed by atoms with E-state index in [0.29, 0.717) is 12.4 Å². The van der Waals surface area contributed by atoms with Crippen LogP contribution in [0.1, 0.15) is 18.5 Å². The average Bonchev–Trinajstić information content (AvgIpc) is 3.56. The lowest BCUT2D eigenvalue weighted by Crippen LogP contribution is -2.40. The van der Waals surface area contributed by atoms with Crippen molar-refractivity contribution in [2.45, 2.75) is 19.4 Å². The molecule has 4 aromatic rings. The predicted molar refractivity (Wildman–Crippen MR) is 121 cm³/mol. The lowest BCUT2D eigenvalue weighted by molar-refractivity contribution is -0.125. The lowest BCUT2D eigenvalue weighted by Gasteiger charge is -2.32. The van der Waals surface area contributed by atoms with Crippen LogP contribution < -0.4 is 10.2 Å². The number of aromatic nitrogens is 6. The van der Waals surface area contributed by atoms with Crippen molar-refractivity contribution >= 4 is 23.1 Å². The van der Waals surface area contributed by atoms with E-state index in [9.17, 15) is 4.79 Å². The van der Waals surface area contributed by atoms with Crippen molar-refractivity contribution in [3.63, 3.8) is 0 Å². The van der Waals surface area contributed by atoms with E-state index in [4.69, 9.17) is 0 Å². The van der Waals surface area contributed by atoms with Crippen LogP contribution >= 0.6 is 11.3 Å². The van der Waals surface area contributed by atoms with E-state index in [2.05, 4.69) is 35.3 Å². The highest BCUT2D eigenvalue weighted by Gasteiger charge is 2.26. The fourth-order valence-electron chi connectivity index (χ4n) is 3.76. The minimum atomic E-state index is -0.00453. The van der Waals surface area contributed by atoms with Crippen molar-refractivity contribution in [3.8, 4) is 16.4 Å². The third-order valence-corrected chi connectivity index (χ3v) is 6.44. The lowest BCUT2D eigenvalue weighted by atomic mass is 9.96. The number of amides is 1. The van der Waals surface area contributed by atoms with Gasteiger partial charge in [-0.2, -0.15) is 5.10 Å². The summed E-state index contributed by atoms with van der Waals surface area (Å²) in [4.78, 5) is 32.1. The van der Waals surface area contributed by atoms with Crippen molar-refractivity contribution in [3.05, 3.63) is 66.5 Å². The second-order valence-corrected chi connectivity index (χ2v) is 8.42. The molecule has 1 N–H and O–H groups in total. The monoisotopic (exact) mass is 446 g/mol. The molecule has 1 aliphatic rings. The van der Waals surface area contributed by atoms with E-state index in [1.807, 2.05) is 41.8 Å². The first-order chi connectivity index (χ1) is 15.8. The number of benzene rings is 1. The molecule has 4 heterocycles. The number of carbonyl (C=O) groups excluding carboxylic acids is 1. The number of piperidine rings is 1. The Bertz CT molecular complexity index is 1170. The molecule has 0 atom stereocenters. The number of thiazole rings is 1. The Morgan fingerprint density at radius 2 is 1.91 bits per heavy atom. The summed E-state index contributed by atoms with van der Waals surface area (Å²) in [6.45, 7) is 1.98. The average molecular weight is 447 g/mol. The Morgan fingerprint density at radius 3 is 2.69 bits per heavy atom. The molecular formula is C22H22N8OS. The molecule has 1 amide bonds. The first-order valence-corrected chi connectivity index (χ1v) is 11.3. The van der Waals surface area contributed by atoms with Gasteiger partial charge in [-0.25, -0.2) is 24.6 Å². The summed E-state index contributed by atoms with van der Waals surface area (Å²) < 4.78 is 1.60. The largest absolute Gasteiger partial charge is 0.356 e. The van der Waals surface area contributed by atoms with Gasteiger partial charge in [0.1, 0.15) is 29.8 Å². The van der Waals surface area contributed by atoms with Gasteiger partial charge in [0.25, 0.3) is 0 Å². The highest BCUT2D eigenvalue weighted by Crippen LogP contribution is 2.24. The van der Waals surface area contributed by atoms with Gasteiger partial charge in [-0.15, -0.1) is 11.3 Å². The molecule has 0 spiro atoms. The van der Waals surface area contributed by atoms with Gasteiger partial charge in [-0.3, -0.25) is 4.79 Å². The normalized spacial score (nSPS) is 14.4. The van der Waals surface area contributed by atoms with E-state index in [1.165, 1.54) is 12.7 Å². The Balaban J connectivity index is 1.14. The van der Waals surface area contributed by atoms with Crippen molar-refractivity contribution in [2.24, 2.45) is 5.92 Å². The molecule has 1 aromatic carbocycles. The minimum absolute atomic E-state index is 0.00453. The van der Waals surface area contributed by atoms with Crippen LogP contribution in [0.15, 0.2) is 60.8 Å². The smallest absolute Gasteiger partial charge is 0.223 e. The van der Waals surface area contributed by atoms with Crippen LogP contribution in [0.3, 0.4) is 0 Å². The predicted octanol–water partition coefficient (Wildman–Crippen LogP) is 2.71. The molecule has 10 heteroatoms. The molecule has 1 aliphatic heterocycles. The molecular weight excluding hydrogens is 424 g/mol. The van der Waals surface area contributed by atoms with E-state index in [1.54, 1.807) is 22.3 Å². The van der Waals surface area contributed by atoms with Crippen molar-refractivity contribution in [1.82, 2.24) is 35.0 Å². The highest BCUT2D eigenvalue weighted by atomic mass is 32.1. The van der Waals surface area contributed by atoms with E-state index in [-0.39, 0.29) is 11.8 Å². The maximum absolute atomic E-state index is 12.7. The first kappa shape index (κ1) is 20.3. The Labute approximate surface area is 189 Å². The molecule has 5 rings (SSSR count). The summed E-state index contributed by atoms with van der Waals surface area (Å²) in [5.74, 6) is 1.59. The van der Waals surface area contributed by atoms with Gasteiger partial charge in [-0.05, 0) is 12.8 Å². The number of nitrogens with one attached hydrogen (secondary N) is 1. The summed E-state index contributed by atoms with van der Waals surface area (Å²) in [6.07, 6.45) is 6.16. The number of hydrogen-bond acceptors (Lipinski definition) is 8. The number of hydrogen-bond donors (Lipinski definition) is 1. The topological polar surface area (TPSA) is 102 Å². The Kier molecular flexibility index (Phi) is 5.84. The zero-order valence-corrected chi connectivity index (χ0v) is 18.1. The summed E-state index contributed by atoms with van der Waals surface area (Å²) in [7, 11) is 0. The fraction of sp³-hybridized carbons (Fsp3) is 0.273. The van der Waals surface area contributed by atoms with Gasteiger partial charge in [-0.1, -0.05) is 30.3 Å². The third kappa shape index (κ3) is 4.50.